The summed E-state index contributed by atoms with van der Waals surface area (Å²) in [6.45, 7) is 2.95. The van der Waals surface area contributed by atoms with Gasteiger partial charge in [-0.1, -0.05) is 35.3 Å². The van der Waals surface area contributed by atoms with Gasteiger partial charge >= 0.3 is 0 Å². The summed E-state index contributed by atoms with van der Waals surface area (Å²) in [6, 6.07) is 10.9. The number of aromatic nitrogens is 1. The van der Waals surface area contributed by atoms with E-state index >= 15 is 0 Å². The van der Waals surface area contributed by atoms with Crippen molar-refractivity contribution < 1.29 is 14.3 Å². The summed E-state index contributed by atoms with van der Waals surface area (Å²) < 4.78 is 6.37. The van der Waals surface area contributed by atoms with Crippen molar-refractivity contribution in [3.8, 4) is 5.75 Å². The quantitative estimate of drug-likeness (QED) is 0.546. The molecule has 3 aromatic rings. The number of nitrogens with zero attached hydrogens (tertiary/aromatic N) is 1. The lowest BCUT2D eigenvalue weighted by molar-refractivity contribution is -0.00628. The lowest BCUT2D eigenvalue weighted by Gasteiger charge is -2.44. The van der Waals surface area contributed by atoms with Gasteiger partial charge in [-0.25, -0.2) is 0 Å². The third-order valence-corrected chi connectivity index (χ3v) is 6.67. The molecular weight excluding hydrogens is 423 g/mol. The Labute approximate surface area is 183 Å². The van der Waals surface area contributed by atoms with Gasteiger partial charge in [-0.2, -0.15) is 0 Å². The molecule has 5 rings (SSSR count). The van der Waals surface area contributed by atoms with Crippen LogP contribution in [0.4, 0.5) is 0 Å². The van der Waals surface area contributed by atoms with Crippen LogP contribution in [-0.2, 0) is 0 Å². The Balaban J connectivity index is 1.35. The van der Waals surface area contributed by atoms with Gasteiger partial charge in [-0.3, -0.25) is 9.59 Å². The molecule has 0 aliphatic carbocycles. The summed E-state index contributed by atoms with van der Waals surface area (Å²) >= 11 is 12.3. The van der Waals surface area contributed by atoms with Crippen molar-refractivity contribution in [1.29, 1.82) is 0 Å². The van der Waals surface area contributed by atoms with Gasteiger partial charge in [0.2, 0.25) is 0 Å². The summed E-state index contributed by atoms with van der Waals surface area (Å²) in [4.78, 5) is 30.8. The highest BCUT2D eigenvalue weighted by Gasteiger charge is 2.44. The maximum Gasteiger partial charge on any atom is 0.270 e. The number of ether oxygens (including phenoxy) is 1. The van der Waals surface area contributed by atoms with Crippen molar-refractivity contribution in [2.75, 3.05) is 13.1 Å². The van der Waals surface area contributed by atoms with Crippen molar-refractivity contribution in [3.05, 3.63) is 63.3 Å². The Kier molecular flexibility index (Phi) is 4.56. The predicted octanol–water partition coefficient (Wildman–Crippen LogP) is 5.42. The van der Waals surface area contributed by atoms with Crippen LogP contribution in [0.2, 0.25) is 10.0 Å². The SMILES string of the molecule is Cc1cc(Cl)cc2c1OC1(CCN(C(=O)c3cc4cccc(Cl)c4[nH]3)CC1)CC2=O. The van der Waals surface area contributed by atoms with Gasteiger partial charge < -0.3 is 14.6 Å². The predicted molar refractivity (Wildman–Crippen MR) is 117 cm³/mol. The van der Waals surface area contributed by atoms with Gasteiger partial charge in [0.05, 0.1) is 22.5 Å². The molecule has 2 aliphatic rings. The van der Waals surface area contributed by atoms with Crippen LogP contribution >= 0.6 is 23.2 Å². The number of carbonyl (C=O) groups is 2. The molecule has 3 heterocycles. The Bertz CT molecular complexity index is 1190. The highest BCUT2D eigenvalue weighted by Crippen LogP contribution is 2.42. The van der Waals surface area contributed by atoms with Crippen LogP contribution in [0, 0.1) is 6.92 Å². The van der Waals surface area contributed by atoms with Gasteiger partial charge in [0.1, 0.15) is 17.0 Å². The van der Waals surface area contributed by atoms with Crippen LogP contribution in [0.1, 0.15) is 45.7 Å². The molecule has 1 fully saturated rings. The van der Waals surface area contributed by atoms with E-state index in [0.29, 0.717) is 59.4 Å². The number of hydrogen-bond acceptors (Lipinski definition) is 3. The van der Waals surface area contributed by atoms with Gasteiger partial charge in [-0.15, -0.1) is 0 Å². The number of benzene rings is 2. The highest BCUT2D eigenvalue weighted by molar-refractivity contribution is 6.35. The van der Waals surface area contributed by atoms with E-state index < -0.39 is 5.60 Å². The van der Waals surface area contributed by atoms with E-state index in [2.05, 4.69) is 4.98 Å². The van der Waals surface area contributed by atoms with Gasteiger partial charge in [0.15, 0.2) is 5.78 Å². The third kappa shape index (κ3) is 3.17. The number of nitrogens with one attached hydrogen (secondary N) is 1. The molecule has 1 N–H and O–H groups in total. The molecule has 0 radical (unpaired) electrons. The van der Waals surface area contributed by atoms with Gasteiger partial charge in [0, 0.05) is 36.3 Å². The molecule has 5 nitrogen and oxygen atoms in total. The average Bonchev–Trinajstić information content (AvgIpc) is 3.15. The van der Waals surface area contributed by atoms with Crippen molar-refractivity contribution in [3.63, 3.8) is 0 Å². The average molecular weight is 443 g/mol. The molecule has 0 saturated carbocycles. The van der Waals surface area contributed by atoms with E-state index in [9.17, 15) is 9.59 Å². The number of fused-ring (bicyclic) bond motifs is 2. The fourth-order valence-corrected chi connectivity index (χ4v) is 5.02. The Morgan fingerprint density at radius 2 is 1.93 bits per heavy atom. The molecule has 7 heteroatoms. The number of rotatable bonds is 1. The maximum absolute atomic E-state index is 13.0. The molecule has 0 bridgehead atoms. The van der Waals surface area contributed by atoms with Gasteiger partial charge in [-0.05, 0) is 36.8 Å². The lowest BCUT2D eigenvalue weighted by atomic mass is 9.82. The number of para-hydroxylation sites is 1. The topological polar surface area (TPSA) is 62.4 Å². The number of carbonyl (C=O) groups excluding carboxylic acids is 2. The van der Waals surface area contributed by atoms with Crippen LogP contribution in [0.25, 0.3) is 10.9 Å². The number of piperidine rings is 1. The number of halogens is 2. The number of Topliss-reactive ketones (excluding diaryl/α,β-unsaturated/α-hetero) is 1. The van der Waals surface area contributed by atoms with Crippen LogP contribution < -0.4 is 4.74 Å². The molecule has 1 aromatic heterocycles. The molecule has 1 spiro atoms. The number of ketones is 1. The van der Waals surface area contributed by atoms with E-state index in [0.717, 1.165) is 16.5 Å². The first-order valence-corrected chi connectivity index (χ1v) is 10.7. The van der Waals surface area contributed by atoms with Crippen molar-refractivity contribution in [2.45, 2.75) is 31.8 Å². The van der Waals surface area contributed by atoms with E-state index in [1.165, 1.54) is 0 Å². The number of H-pyrrole nitrogens is 1. The van der Waals surface area contributed by atoms with E-state index in [-0.39, 0.29) is 11.7 Å². The Morgan fingerprint density at radius 3 is 2.67 bits per heavy atom. The standard InChI is InChI=1S/C23H20Cl2N2O3/c1-13-9-15(24)11-16-19(28)12-23(30-21(13)16)5-7-27(8-6-23)22(29)18-10-14-3-2-4-17(25)20(14)26-18/h2-4,9-11,26H,5-8,12H2,1H3. The molecule has 154 valence electrons. The summed E-state index contributed by atoms with van der Waals surface area (Å²) in [5.74, 6) is 0.607. The summed E-state index contributed by atoms with van der Waals surface area (Å²) in [6.07, 6.45) is 1.52. The summed E-state index contributed by atoms with van der Waals surface area (Å²) in [5.41, 5.74) is 2.13. The number of amides is 1. The van der Waals surface area contributed by atoms with Crippen LogP contribution in [0.3, 0.4) is 0 Å². The minimum atomic E-state index is -0.566. The van der Waals surface area contributed by atoms with Crippen molar-refractivity contribution >= 4 is 45.8 Å². The molecule has 0 atom stereocenters. The fourth-order valence-electron chi connectivity index (χ4n) is 4.51. The van der Waals surface area contributed by atoms with Crippen LogP contribution in [-0.4, -0.2) is 40.3 Å². The van der Waals surface area contributed by atoms with Crippen molar-refractivity contribution in [2.24, 2.45) is 0 Å². The first kappa shape index (κ1) is 19.5. The number of aromatic amines is 1. The zero-order valence-corrected chi connectivity index (χ0v) is 17.9. The maximum atomic E-state index is 13.0. The first-order valence-electron chi connectivity index (χ1n) is 9.94. The molecule has 0 unspecified atom stereocenters. The lowest BCUT2D eigenvalue weighted by Crippen LogP contribution is -2.52. The molecule has 2 aliphatic heterocycles. The summed E-state index contributed by atoms with van der Waals surface area (Å²) in [7, 11) is 0. The highest BCUT2D eigenvalue weighted by atomic mass is 35.5. The monoisotopic (exact) mass is 442 g/mol. The molecular formula is C23H20Cl2N2O3. The van der Waals surface area contributed by atoms with Crippen LogP contribution in [0.5, 0.6) is 5.75 Å². The zero-order valence-electron chi connectivity index (χ0n) is 16.4. The zero-order chi connectivity index (χ0) is 21.0. The van der Waals surface area contributed by atoms with E-state index in [1.54, 1.807) is 12.1 Å². The second-order valence-corrected chi connectivity index (χ2v) is 9.01. The van der Waals surface area contributed by atoms with E-state index in [1.807, 2.05) is 36.1 Å². The van der Waals surface area contributed by atoms with Gasteiger partial charge in [0.25, 0.3) is 5.91 Å². The fraction of sp³-hybridized carbons (Fsp3) is 0.304. The molecule has 1 amide bonds. The first-order chi connectivity index (χ1) is 14.3. The Morgan fingerprint density at radius 1 is 1.17 bits per heavy atom. The second kappa shape index (κ2) is 7.03. The normalized spacial score (nSPS) is 17.8. The van der Waals surface area contributed by atoms with E-state index in [4.69, 9.17) is 27.9 Å². The Hall–Kier alpha value is -2.50. The second-order valence-electron chi connectivity index (χ2n) is 8.16. The third-order valence-electron chi connectivity index (χ3n) is 6.14. The largest absolute Gasteiger partial charge is 0.486 e. The smallest absolute Gasteiger partial charge is 0.270 e. The number of hydrogen-bond donors (Lipinski definition) is 1. The molecule has 2 aromatic carbocycles. The molecule has 30 heavy (non-hydrogen) atoms. The van der Waals surface area contributed by atoms with Crippen LogP contribution in [0.15, 0.2) is 36.4 Å². The van der Waals surface area contributed by atoms with Crippen molar-refractivity contribution in [1.82, 2.24) is 9.88 Å². The number of aryl methyl sites for hydroxylation is 1. The number of likely N-dealkylation sites (tertiary alicyclic amines) is 1. The minimum Gasteiger partial charge on any atom is -0.486 e. The minimum absolute atomic E-state index is 0.0480. The summed E-state index contributed by atoms with van der Waals surface area (Å²) in [5, 5.41) is 2.04. The molecule has 1 saturated heterocycles.